The van der Waals surface area contributed by atoms with E-state index in [4.69, 9.17) is 25.8 Å². The molecule has 0 aliphatic carbocycles. The van der Waals surface area contributed by atoms with Crippen LogP contribution in [-0.4, -0.2) is 24.7 Å². The summed E-state index contributed by atoms with van der Waals surface area (Å²) in [6.45, 7) is 1.80. The monoisotopic (exact) mass is 403 g/mol. The number of esters is 1. The summed E-state index contributed by atoms with van der Waals surface area (Å²) in [5, 5.41) is 3.18. The zero-order valence-electron chi connectivity index (χ0n) is 14.9. The first-order valence-electron chi connectivity index (χ1n) is 8.18. The molecule has 1 aromatic heterocycles. The van der Waals surface area contributed by atoms with Crippen LogP contribution in [0.2, 0.25) is 5.02 Å². The molecule has 0 radical (unpaired) electrons. The minimum Gasteiger partial charge on any atom is -0.497 e. The van der Waals surface area contributed by atoms with E-state index in [0.29, 0.717) is 16.5 Å². The molecule has 0 saturated carbocycles. The van der Waals surface area contributed by atoms with Crippen molar-refractivity contribution in [1.82, 2.24) is 4.98 Å². The number of hydrogen-bond donors (Lipinski definition) is 0. The Labute approximate surface area is 166 Å². The molecular formula is C20H18ClNO4S. The highest BCUT2D eigenvalue weighted by atomic mass is 35.5. The summed E-state index contributed by atoms with van der Waals surface area (Å²) in [5.41, 5.74) is 2.67. The number of nitrogens with zero attached hydrogens (tertiary/aromatic N) is 1. The van der Waals surface area contributed by atoms with Crippen LogP contribution in [0.5, 0.6) is 11.5 Å². The topological polar surface area (TPSA) is 57.7 Å². The molecule has 3 aromatic rings. The molecule has 0 fully saturated rings. The smallest absolute Gasteiger partial charge is 0.344 e. The average Bonchev–Trinajstić information content (AvgIpc) is 3.16. The minimum atomic E-state index is -0.480. The summed E-state index contributed by atoms with van der Waals surface area (Å²) < 4.78 is 15.8. The highest BCUT2D eigenvalue weighted by molar-refractivity contribution is 7.13. The number of carbonyl (C=O) groups excluding carboxylic acids is 1. The van der Waals surface area contributed by atoms with Gasteiger partial charge in [0.2, 0.25) is 0 Å². The normalized spacial score (nSPS) is 10.5. The molecule has 0 bridgehead atoms. The molecule has 5 nitrogen and oxygen atoms in total. The lowest BCUT2D eigenvalue weighted by molar-refractivity contribution is -0.147. The summed E-state index contributed by atoms with van der Waals surface area (Å²) in [6.07, 6.45) is 0. The maximum atomic E-state index is 11.9. The quantitative estimate of drug-likeness (QED) is 0.525. The first kappa shape index (κ1) is 19.2. The third-order valence-electron chi connectivity index (χ3n) is 3.70. The third kappa shape index (κ3) is 5.21. The number of methoxy groups -OCH3 is 1. The van der Waals surface area contributed by atoms with Gasteiger partial charge in [0.25, 0.3) is 0 Å². The summed E-state index contributed by atoms with van der Waals surface area (Å²) in [7, 11) is 1.63. The van der Waals surface area contributed by atoms with E-state index in [9.17, 15) is 4.79 Å². The molecule has 140 valence electrons. The van der Waals surface area contributed by atoms with Gasteiger partial charge < -0.3 is 14.2 Å². The Kier molecular flexibility index (Phi) is 6.32. The Morgan fingerprint density at radius 2 is 1.96 bits per heavy atom. The van der Waals surface area contributed by atoms with E-state index < -0.39 is 5.97 Å². The predicted molar refractivity (Wildman–Crippen MR) is 106 cm³/mol. The van der Waals surface area contributed by atoms with Crippen LogP contribution in [0.15, 0.2) is 47.8 Å². The summed E-state index contributed by atoms with van der Waals surface area (Å²) in [4.78, 5) is 16.4. The van der Waals surface area contributed by atoms with Crippen molar-refractivity contribution in [2.75, 3.05) is 13.7 Å². The number of aromatic nitrogens is 1. The van der Waals surface area contributed by atoms with Crippen molar-refractivity contribution in [2.45, 2.75) is 13.5 Å². The van der Waals surface area contributed by atoms with Gasteiger partial charge in [-0.3, -0.25) is 0 Å². The zero-order valence-corrected chi connectivity index (χ0v) is 16.5. The van der Waals surface area contributed by atoms with E-state index >= 15 is 0 Å². The molecule has 7 heteroatoms. The minimum absolute atomic E-state index is 0.0936. The average molecular weight is 404 g/mol. The van der Waals surface area contributed by atoms with E-state index in [1.165, 1.54) is 11.3 Å². The van der Waals surface area contributed by atoms with Crippen molar-refractivity contribution >= 4 is 28.9 Å². The van der Waals surface area contributed by atoms with Crippen LogP contribution in [0.3, 0.4) is 0 Å². The SMILES string of the molecule is COc1ccc(-c2nc(COC(=O)COc3cc(C)ccc3Cl)cs2)cc1. The van der Waals surface area contributed by atoms with E-state index in [2.05, 4.69) is 4.98 Å². The molecule has 0 saturated heterocycles. The fourth-order valence-corrected chi connectivity index (χ4v) is 3.28. The number of aryl methyl sites for hydroxylation is 1. The van der Waals surface area contributed by atoms with Gasteiger partial charge in [-0.15, -0.1) is 11.3 Å². The lowest BCUT2D eigenvalue weighted by Crippen LogP contribution is -2.15. The number of rotatable bonds is 7. The van der Waals surface area contributed by atoms with Crippen molar-refractivity contribution in [1.29, 1.82) is 0 Å². The van der Waals surface area contributed by atoms with Crippen LogP contribution in [0.4, 0.5) is 0 Å². The van der Waals surface area contributed by atoms with Gasteiger partial charge in [-0.1, -0.05) is 17.7 Å². The van der Waals surface area contributed by atoms with Crippen molar-refractivity contribution in [3.8, 4) is 22.1 Å². The summed E-state index contributed by atoms with van der Waals surface area (Å²) in [6, 6.07) is 13.0. The van der Waals surface area contributed by atoms with E-state index in [1.807, 2.05) is 42.6 Å². The number of halogens is 1. The number of benzene rings is 2. The second-order valence-electron chi connectivity index (χ2n) is 5.76. The molecule has 0 unspecified atom stereocenters. The Hall–Kier alpha value is -2.57. The fraction of sp³-hybridized carbons (Fsp3) is 0.200. The first-order valence-corrected chi connectivity index (χ1v) is 9.44. The third-order valence-corrected chi connectivity index (χ3v) is 4.95. The molecule has 3 rings (SSSR count). The predicted octanol–water partition coefficient (Wildman–Crippen LogP) is 4.90. The highest BCUT2D eigenvalue weighted by Gasteiger charge is 2.10. The molecule has 2 aromatic carbocycles. The van der Waals surface area contributed by atoms with Gasteiger partial charge in [0.05, 0.1) is 17.8 Å². The Balaban J connectivity index is 1.51. The van der Waals surface area contributed by atoms with Crippen LogP contribution in [-0.2, 0) is 16.1 Å². The second-order valence-corrected chi connectivity index (χ2v) is 7.02. The maximum absolute atomic E-state index is 11.9. The lowest BCUT2D eigenvalue weighted by atomic mass is 10.2. The van der Waals surface area contributed by atoms with Gasteiger partial charge in [0, 0.05) is 10.9 Å². The van der Waals surface area contributed by atoms with Crippen LogP contribution in [0.25, 0.3) is 10.6 Å². The largest absolute Gasteiger partial charge is 0.497 e. The van der Waals surface area contributed by atoms with Crippen molar-refractivity contribution in [3.63, 3.8) is 0 Å². The first-order chi connectivity index (χ1) is 13.0. The van der Waals surface area contributed by atoms with Gasteiger partial charge in [-0.2, -0.15) is 0 Å². The number of carbonyl (C=O) groups is 1. The molecule has 0 atom stereocenters. The Morgan fingerprint density at radius 3 is 2.70 bits per heavy atom. The van der Waals surface area contributed by atoms with Gasteiger partial charge in [0.15, 0.2) is 6.61 Å². The van der Waals surface area contributed by atoms with Gasteiger partial charge in [0.1, 0.15) is 23.1 Å². The number of ether oxygens (including phenoxy) is 3. The summed E-state index contributed by atoms with van der Waals surface area (Å²) in [5.74, 6) is 0.772. The fourth-order valence-electron chi connectivity index (χ4n) is 2.29. The Morgan fingerprint density at radius 1 is 1.19 bits per heavy atom. The molecule has 0 aliphatic rings. The van der Waals surface area contributed by atoms with Crippen LogP contribution >= 0.6 is 22.9 Å². The van der Waals surface area contributed by atoms with Gasteiger partial charge in [-0.05, 0) is 48.9 Å². The van der Waals surface area contributed by atoms with E-state index in [0.717, 1.165) is 21.9 Å². The standard InChI is InChI=1S/C20H18ClNO4S/c1-13-3-8-17(21)18(9-13)25-11-19(23)26-10-15-12-27-20(22-15)14-4-6-16(24-2)7-5-14/h3-9,12H,10-11H2,1-2H3. The molecular weight excluding hydrogens is 386 g/mol. The van der Waals surface area contributed by atoms with Crippen LogP contribution in [0.1, 0.15) is 11.3 Å². The van der Waals surface area contributed by atoms with Crippen LogP contribution in [0, 0.1) is 6.92 Å². The zero-order chi connectivity index (χ0) is 19.2. The lowest BCUT2D eigenvalue weighted by Gasteiger charge is -2.08. The number of hydrogen-bond acceptors (Lipinski definition) is 6. The van der Waals surface area contributed by atoms with Crippen molar-refractivity contribution in [3.05, 3.63) is 64.1 Å². The molecule has 0 amide bonds. The van der Waals surface area contributed by atoms with Gasteiger partial charge in [-0.25, -0.2) is 9.78 Å². The second kappa shape index (κ2) is 8.88. The summed E-state index contributed by atoms with van der Waals surface area (Å²) >= 11 is 7.53. The van der Waals surface area contributed by atoms with Crippen molar-refractivity contribution in [2.24, 2.45) is 0 Å². The molecule has 27 heavy (non-hydrogen) atoms. The molecule has 0 N–H and O–H groups in total. The molecule has 0 spiro atoms. The highest BCUT2D eigenvalue weighted by Crippen LogP contribution is 2.26. The number of thiazole rings is 1. The Bertz CT molecular complexity index is 924. The van der Waals surface area contributed by atoms with Crippen molar-refractivity contribution < 1.29 is 19.0 Å². The van der Waals surface area contributed by atoms with Gasteiger partial charge >= 0.3 is 5.97 Å². The maximum Gasteiger partial charge on any atom is 0.344 e. The molecule has 0 aliphatic heterocycles. The van der Waals surface area contributed by atoms with Crippen LogP contribution < -0.4 is 9.47 Å². The molecule has 1 heterocycles. The van der Waals surface area contributed by atoms with E-state index in [1.54, 1.807) is 19.2 Å². The van der Waals surface area contributed by atoms with E-state index in [-0.39, 0.29) is 13.2 Å².